The van der Waals surface area contributed by atoms with Crippen LogP contribution in [0, 0.1) is 0 Å². The highest BCUT2D eigenvalue weighted by Crippen LogP contribution is 2.17. The number of fused-ring (bicyclic) bond motifs is 1. The first-order chi connectivity index (χ1) is 14.8. The van der Waals surface area contributed by atoms with Crippen molar-refractivity contribution in [2.45, 2.75) is 19.4 Å². The summed E-state index contributed by atoms with van der Waals surface area (Å²) in [6, 6.07) is 27.3. The van der Waals surface area contributed by atoms with E-state index >= 15 is 0 Å². The van der Waals surface area contributed by atoms with E-state index in [9.17, 15) is 4.79 Å². The molecule has 1 N–H and O–H groups in total. The van der Waals surface area contributed by atoms with E-state index in [1.54, 1.807) is 0 Å². The molecule has 4 aromatic rings. The molecular weight excluding hydrogens is 374 g/mol. The Morgan fingerprint density at radius 2 is 1.60 bits per heavy atom. The number of benzene rings is 3. The average Bonchev–Trinajstić information content (AvgIpc) is 3.15. The van der Waals surface area contributed by atoms with Gasteiger partial charge in [0.05, 0.1) is 17.6 Å². The van der Waals surface area contributed by atoms with Crippen LogP contribution in [-0.4, -0.2) is 28.6 Å². The lowest BCUT2D eigenvalue weighted by molar-refractivity contribution is 0.0954. The Morgan fingerprint density at radius 1 is 0.900 bits per heavy atom. The molecule has 0 radical (unpaired) electrons. The van der Waals surface area contributed by atoms with Gasteiger partial charge in [0, 0.05) is 25.1 Å². The third-order valence-corrected chi connectivity index (χ3v) is 4.94. The molecule has 0 bridgehead atoms. The summed E-state index contributed by atoms with van der Waals surface area (Å²) in [6.07, 6.45) is 1.55. The SMILES string of the molecule is O=C(NCCc1nc2ccccc2n1CCCOc1ccccc1)c1ccccc1. The molecule has 0 saturated carbocycles. The third-order valence-electron chi connectivity index (χ3n) is 4.94. The molecule has 0 fully saturated rings. The summed E-state index contributed by atoms with van der Waals surface area (Å²) in [5.41, 5.74) is 2.76. The van der Waals surface area contributed by atoms with E-state index in [0.717, 1.165) is 35.6 Å². The van der Waals surface area contributed by atoms with Crippen LogP contribution >= 0.6 is 0 Å². The number of ether oxygens (including phenoxy) is 1. The number of imidazole rings is 1. The minimum absolute atomic E-state index is 0.0606. The average molecular weight is 399 g/mol. The predicted octanol–water partition coefficient (Wildman–Crippen LogP) is 4.48. The van der Waals surface area contributed by atoms with Crippen LogP contribution in [0.25, 0.3) is 11.0 Å². The maximum Gasteiger partial charge on any atom is 0.251 e. The summed E-state index contributed by atoms with van der Waals surface area (Å²) in [4.78, 5) is 17.1. The molecule has 0 aliphatic carbocycles. The molecule has 0 aliphatic heterocycles. The number of hydrogen-bond acceptors (Lipinski definition) is 3. The molecule has 0 atom stereocenters. The monoisotopic (exact) mass is 399 g/mol. The molecular formula is C25H25N3O2. The van der Waals surface area contributed by atoms with Crippen molar-refractivity contribution >= 4 is 16.9 Å². The van der Waals surface area contributed by atoms with Gasteiger partial charge in [0.2, 0.25) is 0 Å². The van der Waals surface area contributed by atoms with E-state index in [4.69, 9.17) is 9.72 Å². The van der Waals surface area contributed by atoms with E-state index in [-0.39, 0.29) is 5.91 Å². The summed E-state index contributed by atoms with van der Waals surface area (Å²) < 4.78 is 8.06. The second-order valence-corrected chi connectivity index (χ2v) is 7.06. The van der Waals surface area contributed by atoms with Crippen LogP contribution in [0.1, 0.15) is 22.6 Å². The standard InChI is InChI=1S/C25H25N3O2/c29-25(20-10-3-1-4-11-20)26-17-16-24-27-22-14-7-8-15-23(22)28(24)18-9-19-30-21-12-5-2-6-13-21/h1-8,10-15H,9,16-19H2,(H,26,29). The number of hydrogen-bond donors (Lipinski definition) is 1. The second-order valence-electron chi connectivity index (χ2n) is 7.06. The minimum atomic E-state index is -0.0606. The molecule has 5 heteroatoms. The van der Waals surface area contributed by atoms with Crippen molar-refractivity contribution in [2.75, 3.05) is 13.2 Å². The van der Waals surface area contributed by atoms with Crippen LogP contribution in [0.3, 0.4) is 0 Å². The molecule has 30 heavy (non-hydrogen) atoms. The number of para-hydroxylation sites is 3. The summed E-state index contributed by atoms with van der Waals surface area (Å²) in [7, 11) is 0. The maximum absolute atomic E-state index is 12.3. The highest BCUT2D eigenvalue weighted by atomic mass is 16.5. The largest absolute Gasteiger partial charge is 0.494 e. The van der Waals surface area contributed by atoms with Gasteiger partial charge >= 0.3 is 0 Å². The predicted molar refractivity (Wildman–Crippen MR) is 119 cm³/mol. The van der Waals surface area contributed by atoms with Gasteiger partial charge < -0.3 is 14.6 Å². The zero-order chi connectivity index (χ0) is 20.6. The van der Waals surface area contributed by atoms with Crippen LogP contribution in [0.5, 0.6) is 5.75 Å². The van der Waals surface area contributed by atoms with Gasteiger partial charge in [-0.1, -0.05) is 48.5 Å². The fourth-order valence-corrected chi connectivity index (χ4v) is 3.47. The number of carbonyl (C=O) groups excluding carboxylic acids is 1. The van der Waals surface area contributed by atoms with E-state index < -0.39 is 0 Å². The summed E-state index contributed by atoms with van der Waals surface area (Å²) in [5.74, 6) is 1.80. The van der Waals surface area contributed by atoms with E-state index in [0.29, 0.717) is 25.1 Å². The van der Waals surface area contributed by atoms with Crippen molar-refractivity contribution in [1.82, 2.24) is 14.9 Å². The van der Waals surface area contributed by atoms with Crippen molar-refractivity contribution < 1.29 is 9.53 Å². The Labute approximate surface area is 176 Å². The smallest absolute Gasteiger partial charge is 0.251 e. The molecule has 1 aromatic heterocycles. The number of nitrogens with one attached hydrogen (secondary N) is 1. The molecule has 1 amide bonds. The van der Waals surface area contributed by atoms with Crippen LogP contribution in [0.15, 0.2) is 84.9 Å². The normalized spacial score (nSPS) is 10.8. The number of aromatic nitrogens is 2. The molecule has 0 unspecified atom stereocenters. The quantitative estimate of drug-likeness (QED) is 0.422. The van der Waals surface area contributed by atoms with Crippen molar-refractivity contribution in [3.8, 4) is 5.75 Å². The van der Waals surface area contributed by atoms with Crippen molar-refractivity contribution in [1.29, 1.82) is 0 Å². The van der Waals surface area contributed by atoms with Gasteiger partial charge in [0.25, 0.3) is 5.91 Å². The lowest BCUT2D eigenvalue weighted by atomic mass is 10.2. The maximum atomic E-state index is 12.3. The molecule has 5 nitrogen and oxygen atoms in total. The molecule has 3 aromatic carbocycles. The fraction of sp³-hybridized carbons (Fsp3) is 0.200. The van der Waals surface area contributed by atoms with E-state index in [2.05, 4.69) is 16.0 Å². The Balaban J connectivity index is 1.38. The lowest BCUT2D eigenvalue weighted by Crippen LogP contribution is -2.26. The highest BCUT2D eigenvalue weighted by molar-refractivity contribution is 5.94. The lowest BCUT2D eigenvalue weighted by Gasteiger charge is -2.11. The number of carbonyl (C=O) groups is 1. The van der Waals surface area contributed by atoms with Gasteiger partial charge in [0.15, 0.2) is 0 Å². The van der Waals surface area contributed by atoms with Gasteiger partial charge in [-0.3, -0.25) is 4.79 Å². The van der Waals surface area contributed by atoms with E-state index in [1.807, 2.05) is 78.9 Å². The summed E-state index contributed by atoms with van der Waals surface area (Å²) >= 11 is 0. The first-order valence-electron chi connectivity index (χ1n) is 10.3. The summed E-state index contributed by atoms with van der Waals surface area (Å²) in [6.45, 7) is 1.99. The molecule has 0 spiro atoms. The van der Waals surface area contributed by atoms with Gasteiger partial charge in [-0.2, -0.15) is 0 Å². The Morgan fingerprint density at radius 3 is 2.40 bits per heavy atom. The minimum Gasteiger partial charge on any atom is -0.494 e. The van der Waals surface area contributed by atoms with Crippen molar-refractivity contribution in [2.24, 2.45) is 0 Å². The van der Waals surface area contributed by atoms with Crippen LogP contribution < -0.4 is 10.1 Å². The number of amides is 1. The molecule has 1 heterocycles. The molecule has 4 rings (SSSR count). The third kappa shape index (κ3) is 4.87. The van der Waals surface area contributed by atoms with Gasteiger partial charge in [-0.25, -0.2) is 4.98 Å². The zero-order valence-electron chi connectivity index (χ0n) is 16.8. The second kappa shape index (κ2) is 9.74. The van der Waals surface area contributed by atoms with Crippen molar-refractivity contribution in [3.05, 3.63) is 96.3 Å². The van der Waals surface area contributed by atoms with Gasteiger partial charge in [-0.05, 0) is 42.8 Å². The number of rotatable bonds is 9. The van der Waals surface area contributed by atoms with Crippen molar-refractivity contribution in [3.63, 3.8) is 0 Å². The first-order valence-corrected chi connectivity index (χ1v) is 10.3. The Hall–Kier alpha value is -3.60. The van der Waals surface area contributed by atoms with Crippen LogP contribution in [0.2, 0.25) is 0 Å². The topological polar surface area (TPSA) is 56.2 Å². The fourth-order valence-electron chi connectivity index (χ4n) is 3.47. The molecule has 0 saturated heterocycles. The zero-order valence-corrected chi connectivity index (χ0v) is 16.8. The molecule has 0 aliphatic rings. The molecule has 152 valence electrons. The van der Waals surface area contributed by atoms with Gasteiger partial charge in [-0.15, -0.1) is 0 Å². The number of nitrogens with zero attached hydrogens (tertiary/aromatic N) is 2. The number of aryl methyl sites for hydroxylation is 1. The Bertz CT molecular complexity index is 1090. The van der Waals surface area contributed by atoms with Crippen LogP contribution in [-0.2, 0) is 13.0 Å². The first kappa shape index (κ1) is 19.7. The Kier molecular flexibility index (Phi) is 6.40. The summed E-state index contributed by atoms with van der Waals surface area (Å²) in [5, 5.41) is 2.99. The van der Waals surface area contributed by atoms with Gasteiger partial charge in [0.1, 0.15) is 11.6 Å². The highest BCUT2D eigenvalue weighted by Gasteiger charge is 2.11. The van der Waals surface area contributed by atoms with E-state index in [1.165, 1.54) is 0 Å². The van der Waals surface area contributed by atoms with Crippen LogP contribution in [0.4, 0.5) is 0 Å².